The first-order valence-electron chi connectivity index (χ1n) is 8.55. The average molecular weight is 346 g/mol. The van der Waals surface area contributed by atoms with Crippen LogP contribution in [-0.2, 0) is 15.9 Å². The molecule has 1 saturated heterocycles. The van der Waals surface area contributed by atoms with Crippen LogP contribution in [0.25, 0.3) is 10.9 Å². The Bertz CT molecular complexity index is 730. The van der Waals surface area contributed by atoms with Gasteiger partial charge in [0.05, 0.1) is 0 Å². The van der Waals surface area contributed by atoms with Crippen molar-refractivity contribution in [2.45, 2.75) is 36.2 Å². The van der Waals surface area contributed by atoms with E-state index in [1.54, 1.807) is 0 Å². The molecule has 2 nitrogen and oxygen atoms in total. The molecule has 1 aliphatic heterocycles. The molecule has 0 N–H and O–H groups in total. The predicted octanol–water partition coefficient (Wildman–Crippen LogP) is 4.96. The molecule has 1 saturated carbocycles. The summed E-state index contributed by atoms with van der Waals surface area (Å²) >= 11 is 4.18. The Balaban J connectivity index is 1.83. The van der Waals surface area contributed by atoms with Gasteiger partial charge in [0.1, 0.15) is 9.86 Å². The fourth-order valence-electron chi connectivity index (χ4n) is 4.11. The third-order valence-electron chi connectivity index (χ3n) is 5.25. The molecule has 23 heavy (non-hydrogen) atoms. The molecule has 1 aliphatic carbocycles. The maximum absolute atomic E-state index is 12.1. The van der Waals surface area contributed by atoms with E-state index in [1.165, 1.54) is 40.9 Å². The number of Topliss-reactive ketones (excluding diaryl/α,β-unsaturated/α-hetero) is 1. The van der Waals surface area contributed by atoms with Crippen molar-refractivity contribution < 1.29 is 4.79 Å². The van der Waals surface area contributed by atoms with E-state index in [0.29, 0.717) is 11.7 Å². The zero-order chi connectivity index (χ0) is 15.9. The zero-order valence-corrected chi connectivity index (χ0v) is 15.2. The largest absolute Gasteiger partial charge is 0.346 e. The summed E-state index contributed by atoms with van der Waals surface area (Å²) < 4.78 is 2.43. The van der Waals surface area contributed by atoms with Crippen molar-refractivity contribution in [2.24, 2.45) is 13.0 Å². The summed E-state index contributed by atoms with van der Waals surface area (Å²) in [6.07, 6.45) is 5.09. The Morgan fingerprint density at radius 3 is 2.70 bits per heavy atom. The van der Waals surface area contributed by atoms with Gasteiger partial charge in [0.15, 0.2) is 0 Å². The predicted molar refractivity (Wildman–Crippen MR) is 101 cm³/mol. The molecule has 1 aromatic heterocycles. The highest BCUT2D eigenvalue weighted by molar-refractivity contribution is 8.18. The Kier molecular flexibility index (Phi) is 4.22. The summed E-state index contributed by atoms with van der Waals surface area (Å²) in [4.78, 5) is 12.1. The highest BCUT2D eigenvalue weighted by Crippen LogP contribution is 2.58. The molecule has 1 unspecified atom stereocenters. The highest BCUT2D eigenvalue weighted by Gasteiger charge is 2.46. The van der Waals surface area contributed by atoms with Gasteiger partial charge in [-0.1, -0.05) is 18.2 Å². The number of nitrogens with zero attached hydrogens (tertiary/aromatic N) is 1. The number of benzene rings is 1. The highest BCUT2D eigenvalue weighted by atomic mass is 32.2. The van der Waals surface area contributed by atoms with E-state index < -0.39 is 0 Å². The second-order valence-electron chi connectivity index (χ2n) is 6.70. The van der Waals surface area contributed by atoms with Gasteiger partial charge in [-0.2, -0.15) is 0 Å². The maximum atomic E-state index is 12.1. The first kappa shape index (κ1) is 15.6. The van der Waals surface area contributed by atoms with Crippen LogP contribution in [0.1, 0.15) is 37.8 Å². The second kappa shape index (κ2) is 6.21. The first-order chi connectivity index (χ1) is 11.2. The first-order valence-corrected chi connectivity index (χ1v) is 10.5. The number of thioether (sulfide) groups is 2. The SMILES string of the molecule is Cn1c(C2(C3CCCC(=O)C3)SCCCS2)cc2ccccc21. The lowest BCUT2D eigenvalue weighted by atomic mass is 9.84. The lowest BCUT2D eigenvalue weighted by Gasteiger charge is -2.44. The lowest BCUT2D eigenvalue weighted by molar-refractivity contribution is -0.121. The van der Waals surface area contributed by atoms with Crippen LogP contribution in [0.4, 0.5) is 0 Å². The molecule has 0 spiro atoms. The number of fused-ring (bicyclic) bond motifs is 1. The molecule has 2 fully saturated rings. The van der Waals surface area contributed by atoms with Gasteiger partial charge in [0, 0.05) is 31.1 Å². The van der Waals surface area contributed by atoms with Crippen LogP contribution in [0, 0.1) is 5.92 Å². The van der Waals surface area contributed by atoms with Crippen LogP contribution in [0.5, 0.6) is 0 Å². The Hall–Kier alpha value is -0.870. The molecular weight excluding hydrogens is 322 g/mol. The number of carbonyl (C=O) groups is 1. The van der Waals surface area contributed by atoms with Gasteiger partial charge in [0.25, 0.3) is 0 Å². The quantitative estimate of drug-likeness (QED) is 0.768. The van der Waals surface area contributed by atoms with Crippen LogP contribution in [0.3, 0.4) is 0 Å². The van der Waals surface area contributed by atoms with E-state index in [0.717, 1.165) is 19.3 Å². The maximum Gasteiger partial charge on any atom is 0.133 e. The van der Waals surface area contributed by atoms with Gasteiger partial charge in [-0.15, -0.1) is 23.5 Å². The molecule has 1 atom stereocenters. The second-order valence-corrected chi connectivity index (χ2v) is 9.64. The van der Waals surface area contributed by atoms with Crippen molar-refractivity contribution in [3.05, 3.63) is 36.0 Å². The number of carbonyl (C=O) groups excluding carboxylic acids is 1. The average Bonchev–Trinajstić information content (AvgIpc) is 2.93. The van der Waals surface area contributed by atoms with Gasteiger partial charge in [-0.05, 0) is 54.2 Å². The van der Waals surface area contributed by atoms with Crippen molar-refractivity contribution in [3.8, 4) is 0 Å². The number of ketones is 1. The Morgan fingerprint density at radius 2 is 1.96 bits per heavy atom. The topological polar surface area (TPSA) is 22.0 Å². The molecular formula is C19H23NOS2. The molecule has 0 bridgehead atoms. The van der Waals surface area contributed by atoms with E-state index in [1.807, 2.05) is 0 Å². The molecule has 0 amide bonds. The van der Waals surface area contributed by atoms with Crippen molar-refractivity contribution in [1.29, 1.82) is 0 Å². The van der Waals surface area contributed by atoms with Crippen molar-refractivity contribution in [1.82, 2.24) is 4.57 Å². The minimum atomic E-state index is 0.0576. The molecule has 2 heterocycles. The number of para-hydroxylation sites is 1. The fourth-order valence-corrected chi connectivity index (χ4v) is 7.87. The Morgan fingerprint density at radius 1 is 1.17 bits per heavy atom. The molecule has 1 aromatic carbocycles. The zero-order valence-electron chi connectivity index (χ0n) is 13.6. The summed E-state index contributed by atoms with van der Waals surface area (Å²) in [5.41, 5.74) is 2.71. The minimum absolute atomic E-state index is 0.0576. The van der Waals surface area contributed by atoms with E-state index >= 15 is 0 Å². The van der Waals surface area contributed by atoms with Crippen molar-refractivity contribution in [3.63, 3.8) is 0 Å². The normalized spacial score (nSPS) is 24.9. The van der Waals surface area contributed by atoms with Crippen LogP contribution < -0.4 is 0 Å². The lowest BCUT2D eigenvalue weighted by Crippen LogP contribution is -2.36. The van der Waals surface area contributed by atoms with Crippen molar-refractivity contribution >= 4 is 40.2 Å². The number of hydrogen-bond acceptors (Lipinski definition) is 3. The monoisotopic (exact) mass is 345 g/mol. The van der Waals surface area contributed by atoms with Crippen molar-refractivity contribution in [2.75, 3.05) is 11.5 Å². The summed E-state index contributed by atoms with van der Waals surface area (Å²) in [6.45, 7) is 0. The summed E-state index contributed by atoms with van der Waals surface area (Å²) in [5.74, 6) is 3.35. The van der Waals surface area contributed by atoms with Crippen LogP contribution in [-0.4, -0.2) is 21.9 Å². The van der Waals surface area contributed by atoms with Gasteiger partial charge in [0.2, 0.25) is 0 Å². The molecule has 4 rings (SSSR count). The van der Waals surface area contributed by atoms with Crippen LogP contribution in [0.15, 0.2) is 30.3 Å². The summed E-state index contributed by atoms with van der Waals surface area (Å²) in [6, 6.07) is 11.0. The summed E-state index contributed by atoms with van der Waals surface area (Å²) in [7, 11) is 2.19. The fraction of sp³-hybridized carbons (Fsp3) is 0.526. The molecule has 122 valence electrons. The third-order valence-corrected chi connectivity index (χ3v) is 8.89. The molecule has 2 aliphatic rings. The molecule has 4 heteroatoms. The minimum Gasteiger partial charge on any atom is -0.346 e. The standard InChI is InChI=1S/C19H23NOS2/c1-20-17-9-3-2-6-14(17)12-18(20)19(22-10-5-11-23-19)15-7-4-8-16(21)13-15/h2-3,6,9,12,15H,4-5,7-8,10-11,13H2,1H3. The number of hydrogen-bond donors (Lipinski definition) is 0. The van der Waals surface area contributed by atoms with Crippen LogP contribution in [0.2, 0.25) is 0 Å². The van der Waals surface area contributed by atoms with Gasteiger partial charge in [-0.25, -0.2) is 0 Å². The third kappa shape index (κ3) is 2.64. The smallest absolute Gasteiger partial charge is 0.133 e. The Labute approximate surface area is 146 Å². The van der Waals surface area contributed by atoms with Gasteiger partial charge in [-0.3, -0.25) is 4.79 Å². The van der Waals surface area contributed by atoms with Crippen LogP contribution >= 0.6 is 23.5 Å². The molecule has 2 aromatic rings. The van der Waals surface area contributed by atoms with Gasteiger partial charge >= 0.3 is 0 Å². The molecule has 0 radical (unpaired) electrons. The van der Waals surface area contributed by atoms with E-state index in [-0.39, 0.29) is 4.08 Å². The summed E-state index contributed by atoms with van der Waals surface area (Å²) in [5, 5.41) is 1.32. The number of aryl methyl sites for hydroxylation is 1. The van der Waals surface area contributed by atoms with Gasteiger partial charge < -0.3 is 4.57 Å². The van der Waals surface area contributed by atoms with E-state index in [4.69, 9.17) is 0 Å². The number of aromatic nitrogens is 1. The number of rotatable bonds is 2. The van der Waals surface area contributed by atoms with E-state index in [2.05, 4.69) is 65.5 Å². The van der Waals surface area contributed by atoms with E-state index in [9.17, 15) is 4.79 Å².